The predicted octanol–water partition coefficient (Wildman–Crippen LogP) is 2.43. The highest BCUT2D eigenvalue weighted by Crippen LogP contribution is 2.26. The average molecular weight is 361 g/mol. The minimum atomic E-state index is -3.52. The molecular formula is C16H15N3O5S. The highest BCUT2D eigenvalue weighted by Gasteiger charge is 2.20. The van der Waals surface area contributed by atoms with E-state index < -0.39 is 14.8 Å². The Bertz CT molecular complexity index is 1040. The van der Waals surface area contributed by atoms with Gasteiger partial charge in [-0.2, -0.15) is 0 Å². The van der Waals surface area contributed by atoms with Crippen LogP contribution in [0, 0.1) is 10.1 Å². The van der Waals surface area contributed by atoms with Gasteiger partial charge in [0.25, 0.3) is 0 Å². The van der Waals surface area contributed by atoms with E-state index in [2.05, 4.69) is 4.98 Å². The quantitative estimate of drug-likeness (QED) is 0.493. The molecule has 0 spiro atoms. The summed E-state index contributed by atoms with van der Waals surface area (Å²) in [6.07, 6.45) is 1.09. The first-order chi connectivity index (χ1) is 11.9. The molecule has 0 bridgehead atoms. The number of benzene rings is 2. The second-order valence-electron chi connectivity index (χ2n) is 5.38. The first kappa shape index (κ1) is 16.9. The molecule has 0 amide bonds. The van der Waals surface area contributed by atoms with Crippen LogP contribution < -0.4 is 4.74 Å². The van der Waals surface area contributed by atoms with Crippen molar-refractivity contribution in [2.75, 3.05) is 12.9 Å². The molecule has 9 heteroatoms. The fraction of sp³-hybridized carbons (Fsp3) is 0.188. The van der Waals surface area contributed by atoms with Crippen LogP contribution in [0.3, 0.4) is 0 Å². The van der Waals surface area contributed by atoms with E-state index in [1.807, 2.05) is 0 Å². The first-order valence-electron chi connectivity index (χ1n) is 7.39. The Hall–Kier alpha value is -2.94. The third-order valence-corrected chi connectivity index (χ3v) is 4.56. The number of rotatable bonds is 6. The van der Waals surface area contributed by atoms with Crippen LogP contribution >= 0.6 is 0 Å². The molecular weight excluding hydrogens is 346 g/mol. The molecule has 0 saturated carbocycles. The van der Waals surface area contributed by atoms with Gasteiger partial charge in [-0.05, 0) is 18.2 Å². The zero-order valence-electron chi connectivity index (χ0n) is 13.3. The molecule has 0 aliphatic carbocycles. The lowest BCUT2D eigenvalue weighted by Gasteiger charge is -2.10. The van der Waals surface area contributed by atoms with Crippen molar-refractivity contribution >= 4 is 26.6 Å². The maximum Gasteiger partial charge on any atom is 0.310 e. The lowest BCUT2D eigenvalue weighted by Crippen LogP contribution is -2.14. The van der Waals surface area contributed by atoms with Gasteiger partial charge in [-0.25, -0.2) is 13.4 Å². The molecule has 3 aromatic rings. The second kappa shape index (κ2) is 6.52. The van der Waals surface area contributed by atoms with Gasteiger partial charge >= 0.3 is 5.69 Å². The molecule has 0 atom stereocenters. The standard InChI is InChI=1S/C16H15N3O5S/c1-25(22,23)16-17-12-6-2-3-7-13(12)18(16)10-11-24-15-9-5-4-8-14(15)19(20)21/h2-9H,10-11H2,1H3. The molecule has 0 fully saturated rings. The van der Waals surface area contributed by atoms with E-state index in [4.69, 9.17) is 4.74 Å². The van der Waals surface area contributed by atoms with Gasteiger partial charge in [-0.15, -0.1) is 0 Å². The monoisotopic (exact) mass is 361 g/mol. The fourth-order valence-electron chi connectivity index (χ4n) is 2.53. The number of nitrogens with zero attached hydrogens (tertiary/aromatic N) is 3. The molecule has 25 heavy (non-hydrogen) atoms. The van der Waals surface area contributed by atoms with Gasteiger partial charge in [0.15, 0.2) is 5.75 Å². The van der Waals surface area contributed by atoms with Crippen molar-refractivity contribution in [3.63, 3.8) is 0 Å². The number of para-hydroxylation sites is 4. The third-order valence-electron chi connectivity index (χ3n) is 3.59. The molecule has 1 aromatic heterocycles. The average Bonchev–Trinajstić information content (AvgIpc) is 2.94. The Morgan fingerprint density at radius 2 is 1.84 bits per heavy atom. The van der Waals surface area contributed by atoms with E-state index >= 15 is 0 Å². The molecule has 0 radical (unpaired) electrons. The molecule has 8 nitrogen and oxygen atoms in total. The van der Waals surface area contributed by atoms with Crippen molar-refractivity contribution < 1.29 is 18.1 Å². The van der Waals surface area contributed by atoms with Crippen molar-refractivity contribution in [3.8, 4) is 5.75 Å². The summed E-state index contributed by atoms with van der Waals surface area (Å²) in [6.45, 7) is 0.253. The summed E-state index contributed by atoms with van der Waals surface area (Å²) in [5, 5.41) is 10.9. The first-order valence-corrected chi connectivity index (χ1v) is 9.28. The Kier molecular flexibility index (Phi) is 4.41. The van der Waals surface area contributed by atoms with Crippen LogP contribution in [0.15, 0.2) is 53.7 Å². The topological polar surface area (TPSA) is 104 Å². The largest absolute Gasteiger partial charge is 0.485 e. The number of fused-ring (bicyclic) bond motifs is 1. The summed E-state index contributed by atoms with van der Waals surface area (Å²) in [5.74, 6) is 0.137. The molecule has 1 heterocycles. The molecule has 0 saturated heterocycles. The number of ether oxygens (including phenoxy) is 1. The molecule has 0 aliphatic rings. The van der Waals surface area contributed by atoms with Gasteiger partial charge < -0.3 is 9.30 Å². The second-order valence-corrected chi connectivity index (χ2v) is 7.29. The minimum absolute atomic E-state index is 0.0557. The summed E-state index contributed by atoms with van der Waals surface area (Å²) >= 11 is 0. The Morgan fingerprint density at radius 1 is 1.16 bits per heavy atom. The van der Waals surface area contributed by atoms with Crippen LogP contribution in [0.5, 0.6) is 5.75 Å². The van der Waals surface area contributed by atoms with Gasteiger partial charge in [0.1, 0.15) is 6.61 Å². The predicted molar refractivity (Wildman–Crippen MR) is 91.4 cm³/mol. The van der Waals surface area contributed by atoms with Crippen LogP contribution in [0.4, 0.5) is 5.69 Å². The van der Waals surface area contributed by atoms with Gasteiger partial charge in [-0.1, -0.05) is 24.3 Å². The number of hydrogen-bond donors (Lipinski definition) is 0. The van der Waals surface area contributed by atoms with E-state index in [1.54, 1.807) is 41.0 Å². The summed E-state index contributed by atoms with van der Waals surface area (Å²) in [6, 6.07) is 13.1. The van der Waals surface area contributed by atoms with E-state index in [1.165, 1.54) is 12.1 Å². The zero-order chi connectivity index (χ0) is 18.0. The number of hydrogen-bond acceptors (Lipinski definition) is 6. The van der Waals surface area contributed by atoms with Crippen molar-refractivity contribution in [1.82, 2.24) is 9.55 Å². The summed E-state index contributed by atoms with van der Waals surface area (Å²) in [7, 11) is -3.52. The fourth-order valence-corrected chi connectivity index (χ4v) is 3.38. The maximum absolute atomic E-state index is 12.0. The molecule has 0 unspecified atom stereocenters. The Labute approximate surface area is 143 Å². The van der Waals surface area contributed by atoms with Gasteiger partial charge in [0.2, 0.25) is 15.0 Å². The summed E-state index contributed by atoms with van der Waals surface area (Å²) < 4.78 is 31.0. The van der Waals surface area contributed by atoms with Crippen LogP contribution in [0.25, 0.3) is 11.0 Å². The molecule has 0 N–H and O–H groups in total. The lowest BCUT2D eigenvalue weighted by atomic mass is 10.3. The highest BCUT2D eigenvalue weighted by molar-refractivity contribution is 7.90. The molecule has 3 rings (SSSR count). The zero-order valence-corrected chi connectivity index (χ0v) is 14.1. The number of imidazole rings is 1. The number of nitro groups is 1. The van der Waals surface area contributed by atoms with Crippen LogP contribution in [0.1, 0.15) is 0 Å². The van der Waals surface area contributed by atoms with Crippen molar-refractivity contribution in [2.24, 2.45) is 0 Å². The third kappa shape index (κ3) is 3.45. The molecule has 130 valence electrons. The van der Waals surface area contributed by atoms with Crippen LogP contribution in [0.2, 0.25) is 0 Å². The number of sulfone groups is 1. The molecule has 2 aromatic carbocycles. The normalized spacial score (nSPS) is 11.6. The van der Waals surface area contributed by atoms with Crippen LogP contribution in [-0.4, -0.2) is 35.8 Å². The highest BCUT2D eigenvalue weighted by atomic mass is 32.2. The van der Waals surface area contributed by atoms with Crippen molar-refractivity contribution in [3.05, 3.63) is 58.6 Å². The van der Waals surface area contributed by atoms with Gasteiger partial charge in [0.05, 0.1) is 22.5 Å². The smallest absolute Gasteiger partial charge is 0.310 e. The van der Waals surface area contributed by atoms with E-state index in [9.17, 15) is 18.5 Å². The van der Waals surface area contributed by atoms with E-state index in [0.29, 0.717) is 11.0 Å². The lowest BCUT2D eigenvalue weighted by molar-refractivity contribution is -0.385. The Balaban J connectivity index is 1.88. The van der Waals surface area contributed by atoms with Crippen molar-refractivity contribution in [2.45, 2.75) is 11.7 Å². The van der Waals surface area contributed by atoms with Crippen LogP contribution in [-0.2, 0) is 16.4 Å². The number of nitro benzene ring substituents is 1. The van der Waals surface area contributed by atoms with E-state index in [0.717, 1.165) is 6.26 Å². The SMILES string of the molecule is CS(=O)(=O)c1nc2ccccc2n1CCOc1ccccc1[N+](=O)[O-]. The number of aromatic nitrogens is 2. The summed E-state index contributed by atoms with van der Waals surface area (Å²) in [4.78, 5) is 14.6. The summed E-state index contributed by atoms with van der Waals surface area (Å²) in [5.41, 5.74) is 1.09. The molecule has 0 aliphatic heterocycles. The Morgan fingerprint density at radius 3 is 2.56 bits per heavy atom. The minimum Gasteiger partial charge on any atom is -0.485 e. The maximum atomic E-state index is 12.0. The van der Waals surface area contributed by atoms with Gasteiger partial charge in [-0.3, -0.25) is 10.1 Å². The van der Waals surface area contributed by atoms with Gasteiger partial charge in [0, 0.05) is 12.3 Å². The van der Waals surface area contributed by atoms with E-state index in [-0.39, 0.29) is 29.7 Å². The van der Waals surface area contributed by atoms with Crippen molar-refractivity contribution in [1.29, 1.82) is 0 Å².